The summed E-state index contributed by atoms with van der Waals surface area (Å²) in [6.45, 7) is 2.06. The first-order chi connectivity index (χ1) is 5.86. The second-order valence-corrected chi connectivity index (χ2v) is 2.75. The van der Waals surface area contributed by atoms with Crippen molar-refractivity contribution in [3.05, 3.63) is 42.2 Å². The average molecular weight is 159 g/mol. The topological polar surface area (TPSA) is 26.0 Å². The van der Waals surface area contributed by atoms with Crippen molar-refractivity contribution in [1.82, 2.24) is 5.16 Å². The van der Waals surface area contributed by atoms with Gasteiger partial charge in [-0.25, -0.2) is 0 Å². The van der Waals surface area contributed by atoms with E-state index in [4.69, 9.17) is 4.52 Å². The molecule has 0 saturated heterocycles. The molecule has 0 aliphatic heterocycles. The molecule has 0 aliphatic carbocycles. The average Bonchev–Trinajstić information content (AvgIpc) is 2.56. The van der Waals surface area contributed by atoms with Crippen molar-refractivity contribution in [3.8, 4) is 11.3 Å². The summed E-state index contributed by atoms with van der Waals surface area (Å²) in [4.78, 5) is 0. The van der Waals surface area contributed by atoms with Gasteiger partial charge in [-0.15, -0.1) is 0 Å². The van der Waals surface area contributed by atoms with Crippen molar-refractivity contribution in [2.45, 2.75) is 6.92 Å². The van der Waals surface area contributed by atoms with Crippen LogP contribution in [-0.2, 0) is 0 Å². The first-order valence-electron chi connectivity index (χ1n) is 3.84. The quantitative estimate of drug-likeness (QED) is 0.639. The number of aryl methyl sites for hydroxylation is 1. The Balaban J connectivity index is 2.48. The Bertz CT molecular complexity index is 365. The van der Waals surface area contributed by atoms with Gasteiger partial charge in [-0.1, -0.05) is 28.9 Å². The predicted octanol–water partition coefficient (Wildman–Crippen LogP) is 2.65. The fourth-order valence-electron chi connectivity index (χ4n) is 1.17. The Morgan fingerprint density at radius 2 is 2.17 bits per heavy atom. The zero-order chi connectivity index (χ0) is 8.39. The van der Waals surface area contributed by atoms with Crippen LogP contribution >= 0.6 is 0 Å². The maximum absolute atomic E-state index is 4.76. The van der Waals surface area contributed by atoms with Crippen LogP contribution in [0.25, 0.3) is 11.3 Å². The molecule has 0 atom stereocenters. The molecule has 1 heterocycles. The van der Waals surface area contributed by atoms with Gasteiger partial charge in [0.25, 0.3) is 0 Å². The van der Waals surface area contributed by atoms with E-state index >= 15 is 0 Å². The maximum Gasteiger partial charge on any atom is 0.124 e. The Labute approximate surface area is 70.8 Å². The molecule has 2 heteroatoms. The summed E-state index contributed by atoms with van der Waals surface area (Å²) in [5, 5.41) is 3.85. The van der Waals surface area contributed by atoms with E-state index in [1.165, 1.54) is 5.56 Å². The van der Waals surface area contributed by atoms with E-state index in [-0.39, 0.29) is 0 Å². The van der Waals surface area contributed by atoms with Crippen molar-refractivity contribution in [1.29, 1.82) is 0 Å². The third-order valence-corrected chi connectivity index (χ3v) is 1.75. The molecule has 0 spiro atoms. The summed E-state index contributed by atoms with van der Waals surface area (Å²) in [7, 11) is 0. The number of hydrogen-bond acceptors (Lipinski definition) is 2. The summed E-state index contributed by atoms with van der Waals surface area (Å²) in [5.41, 5.74) is 3.22. The zero-order valence-electron chi connectivity index (χ0n) is 6.82. The molecule has 12 heavy (non-hydrogen) atoms. The van der Waals surface area contributed by atoms with Crippen molar-refractivity contribution in [2.75, 3.05) is 0 Å². The number of hydrogen-bond donors (Lipinski definition) is 0. The first-order valence-corrected chi connectivity index (χ1v) is 3.84. The minimum Gasteiger partial charge on any atom is -0.364 e. The van der Waals surface area contributed by atoms with Crippen LogP contribution in [0.5, 0.6) is 0 Å². The normalized spacial score (nSPS) is 10.1. The molecule has 2 nitrogen and oxygen atoms in total. The molecule has 1 aromatic carbocycles. The van der Waals surface area contributed by atoms with Crippen molar-refractivity contribution in [3.63, 3.8) is 0 Å². The van der Waals surface area contributed by atoms with Gasteiger partial charge in [0.15, 0.2) is 0 Å². The van der Waals surface area contributed by atoms with Crippen LogP contribution in [0.2, 0.25) is 0 Å². The van der Waals surface area contributed by atoms with Gasteiger partial charge >= 0.3 is 0 Å². The third-order valence-electron chi connectivity index (χ3n) is 1.75. The van der Waals surface area contributed by atoms with Crippen molar-refractivity contribution < 1.29 is 4.52 Å². The van der Waals surface area contributed by atoms with Crippen LogP contribution < -0.4 is 0 Å². The van der Waals surface area contributed by atoms with E-state index in [0.717, 1.165) is 11.3 Å². The zero-order valence-corrected chi connectivity index (χ0v) is 6.82. The molecule has 0 radical (unpaired) electrons. The van der Waals surface area contributed by atoms with Crippen LogP contribution in [0, 0.1) is 6.92 Å². The number of benzene rings is 1. The molecule has 1 aromatic heterocycles. The Morgan fingerprint density at radius 1 is 1.25 bits per heavy atom. The van der Waals surface area contributed by atoms with Gasteiger partial charge in [-0.2, -0.15) is 0 Å². The molecule has 0 amide bonds. The molecule has 2 rings (SSSR count). The monoisotopic (exact) mass is 159 g/mol. The van der Waals surface area contributed by atoms with Gasteiger partial charge in [0.2, 0.25) is 0 Å². The summed E-state index contributed by atoms with van der Waals surface area (Å²) in [5.74, 6) is 0. The number of nitrogens with zero attached hydrogens (tertiary/aromatic N) is 1. The highest BCUT2D eigenvalue weighted by molar-refractivity contribution is 5.58. The molecule has 0 saturated carbocycles. The molecule has 0 aliphatic rings. The second kappa shape index (κ2) is 2.81. The predicted molar refractivity (Wildman–Crippen MR) is 46.7 cm³/mol. The smallest absolute Gasteiger partial charge is 0.124 e. The highest BCUT2D eigenvalue weighted by atomic mass is 16.5. The van der Waals surface area contributed by atoms with Crippen molar-refractivity contribution >= 4 is 0 Å². The molecular weight excluding hydrogens is 150 g/mol. The first kappa shape index (κ1) is 7.10. The van der Waals surface area contributed by atoms with E-state index in [2.05, 4.69) is 24.2 Å². The van der Waals surface area contributed by atoms with Crippen LogP contribution in [0.1, 0.15) is 5.56 Å². The van der Waals surface area contributed by atoms with Crippen LogP contribution in [0.4, 0.5) is 0 Å². The van der Waals surface area contributed by atoms with Crippen molar-refractivity contribution in [2.24, 2.45) is 0 Å². The molecule has 0 unspecified atom stereocenters. The Morgan fingerprint density at radius 3 is 2.83 bits per heavy atom. The van der Waals surface area contributed by atoms with Gasteiger partial charge in [0, 0.05) is 11.6 Å². The van der Waals surface area contributed by atoms with E-state index in [1.54, 1.807) is 6.26 Å². The fraction of sp³-hybridized carbons (Fsp3) is 0.100. The van der Waals surface area contributed by atoms with Crippen LogP contribution in [0.3, 0.4) is 0 Å². The SMILES string of the molecule is Cc1cccc(-c2ccon2)c1. The molecular formula is C10H9NO. The minimum atomic E-state index is 0.888. The Kier molecular flexibility index (Phi) is 1.67. The van der Waals surface area contributed by atoms with Crippen LogP contribution in [0.15, 0.2) is 41.1 Å². The summed E-state index contributed by atoms with van der Waals surface area (Å²) < 4.78 is 4.76. The highest BCUT2D eigenvalue weighted by Crippen LogP contribution is 2.17. The number of aromatic nitrogens is 1. The van der Waals surface area contributed by atoms with Gasteiger partial charge in [-0.05, 0) is 13.0 Å². The largest absolute Gasteiger partial charge is 0.364 e. The Hall–Kier alpha value is -1.57. The van der Waals surface area contributed by atoms with Crippen LogP contribution in [-0.4, -0.2) is 5.16 Å². The summed E-state index contributed by atoms with van der Waals surface area (Å²) in [6.07, 6.45) is 1.58. The van der Waals surface area contributed by atoms with E-state index in [1.807, 2.05) is 18.2 Å². The highest BCUT2D eigenvalue weighted by Gasteiger charge is 1.99. The maximum atomic E-state index is 4.76. The number of rotatable bonds is 1. The third kappa shape index (κ3) is 1.23. The summed E-state index contributed by atoms with van der Waals surface area (Å²) >= 11 is 0. The lowest BCUT2D eigenvalue weighted by molar-refractivity contribution is 0.422. The van der Waals surface area contributed by atoms with E-state index in [9.17, 15) is 0 Å². The molecule has 0 bridgehead atoms. The van der Waals surface area contributed by atoms with E-state index in [0.29, 0.717) is 0 Å². The van der Waals surface area contributed by atoms with Gasteiger partial charge in [0.1, 0.15) is 12.0 Å². The lowest BCUT2D eigenvalue weighted by atomic mass is 10.1. The molecule has 60 valence electrons. The minimum absolute atomic E-state index is 0.888. The van der Waals surface area contributed by atoms with Gasteiger partial charge in [-0.3, -0.25) is 0 Å². The standard InChI is InChI=1S/C10H9NO/c1-8-3-2-4-9(7-8)10-5-6-12-11-10/h2-7H,1H3. The molecule has 0 fully saturated rings. The fourth-order valence-corrected chi connectivity index (χ4v) is 1.17. The van der Waals surface area contributed by atoms with Gasteiger partial charge < -0.3 is 4.52 Å². The lowest BCUT2D eigenvalue weighted by Crippen LogP contribution is -1.77. The molecule has 2 aromatic rings. The lowest BCUT2D eigenvalue weighted by Gasteiger charge is -1.95. The molecule has 0 N–H and O–H groups in total. The van der Waals surface area contributed by atoms with Gasteiger partial charge in [0.05, 0.1) is 0 Å². The summed E-state index contributed by atoms with van der Waals surface area (Å²) in [6, 6.07) is 10.0. The second-order valence-electron chi connectivity index (χ2n) is 2.75. The van der Waals surface area contributed by atoms with E-state index < -0.39 is 0 Å².